The topological polar surface area (TPSA) is 29.5 Å². The molecule has 0 heterocycles. The van der Waals surface area contributed by atoms with E-state index in [0.29, 0.717) is 13.2 Å². The van der Waals surface area contributed by atoms with E-state index >= 15 is 0 Å². The molecule has 1 fully saturated rings. The predicted octanol–water partition coefficient (Wildman–Crippen LogP) is 3.63. The second-order valence-corrected chi connectivity index (χ2v) is 5.96. The fourth-order valence-electron chi connectivity index (χ4n) is 3.15. The smallest absolute Gasteiger partial charge is 0.320 e. The minimum atomic E-state index is -0.107. The van der Waals surface area contributed by atoms with Crippen LogP contribution >= 0.6 is 0 Å². The summed E-state index contributed by atoms with van der Waals surface area (Å²) in [7, 11) is 0. The van der Waals surface area contributed by atoms with E-state index in [-0.39, 0.29) is 5.97 Å². The van der Waals surface area contributed by atoms with E-state index in [1.807, 2.05) is 13.0 Å². The number of rotatable bonds is 7. The lowest BCUT2D eigenvalue weighted by molar-refractivity contribution is -0.144. The summed E-state index contributed by atoms with van der Waals surface area (Å²) < 4.78 is 5.12. The normalized spacial score (nSPS) is 16.1. The molecule has 1 aliphatic carbocycles. The summed E-state index contributed by atoms with van der Waals surface area (Å²) in [5.41, 5.74) is 1.26. The van der Waals surface area contributed by atoms with Gasteiger partial charge in [-0.1, -0.05) is 49.6 Å². The molecular formula is C18H27NO2. The zero-order valence-electron chi connectivity index (χ0n) is 13.1. The summed E-state index contributed by atoms with van der Waals surface area (Å²) in [6.45, 7) is 4.56. The molecule has 3 heteroatoms. The van der Waals surface area contributed by atoms with Crippen LogP contribution in [-0.2, 0) is 16.1 Å². The molecule has 0 atom stereocenters. The van der Waals surface area contributed by atoms with E-state index in [0.717, 1.165) is 19.0 Å². The number of esters is 1. The lowest BCUT2D eigenvalue weighted by Crippen LogP contribution is -2.35. The third-order valence-corrected chi connectivity index (χ3v) is 4.15. The van der Waals surface area contributed by atoms with Gasteiger partial charge in [-0.05, 0) is 31.2 Å². The first-order chi connectivity index (χ1) is 10.3. The average Bonchev–Trinajstić information content (AvgIpc) is 2.49. The monoisotopic (exact) mass is 289 g/mol. The summed E-state index contributed by atoms with van der Waals surface area (Å²) in [5.74, 6) is 0.626. The quantitative estimate of drug-likeness (QED) is 0.718. The molecule has 0 radical (unpaired) electrons. The lowest BCUT2D eigenvalue weighted by Gasteiger charge is -2.29. The summed E-state index contributed by atoms with van der Waals surface area (Å²) in [6.07, 6.45) is 6.64. The van der Waals surface area contributed by atoms with Gasteiger partial charge < -0.3 is 4.74 Å². The number of hydrogen-bond acceptors (Lipinski definition) is 3. The minimum absolute atomic E-state index is 0.107. The van der Waals surface area contributed by atoms with Gasteiger partial charge >= 0.3 is 5.97 Å². The van der Waals surface area contributed by atoms with Crippen LogP contribution in [0.5, 0.6) is 0 Å². The van der Waals surface area contributed by atoms with Crippen molar-refractivity contribution in [3.8, 4) is 0 Å². The van der Waals surface area contributed by atoms with E-state index in [2.05, 4.69) is 29.2 Å². The zero-order valence-corrected chi connectivity index (χ0v) is 13.1. The molecule has 1 aromatic carbocycles. The van der Waals surface area contributed by atoms with Crippen molar-refractivity contribution in [2.24, 2.45) is 5.92 Å². The molecule has 0 aliphatic heterocycles. The van der Waals surface area contributed by atoms with Crippen molar-refractivity contribution in [3.63, 3.8) is 0 Å². The first-order valence-corrected chi connectivity index (χ1v) is 8.20. The summed E-state index contributed by atoms with van der Waals surface area (Å²) >= 11 is 0. The van der Waals surface area contributed by atoms with Crippen LogP contribution in [0.3, 0.4) is 0 Å². The maximum absolute atomic E-state index is 11.8. The highest BCUT2D eigenvalue weighted by atomic mass is 16.5. The van der Waals surface area contributed by atoms with Crippen LogP contribution in [0.1, 0.15) is 44.6 Å². The Labute approximate surface area is 128 Å². The highest BCUT2D eigenvalue weighted by Gasteiger charge is 2.19. The van der Waals surface area contributed by atoms with E-state index in [9.17, 15) is 4.79 Å². The maximum Gasteiger partial charge on any atom is 0.320 e. The third-order valence-electron chi connectivity index (χ3n) is 4.15. The first-order valence-electron chi connectivity index (χ1n) is 8.20. The molecule has 1 aliphatic rings. The second-order valence-electron chi connectivity index (χ2n) is 5.96. The highest BCUT2D eigenvalue weighted by molar-refractivity contribution is 5.71. The van der Waals surface area contributed by atoms with Crippen molar-refractivity contribution in [2.45, 2.75) is 45.6 Å². The molecular weight excluding hydrogens is 262 g/mol. The van der Waals surface area contributed by atoms with Crippen molar-refractivity contribution < 1.29 is 9.53 Å². The van der Waals surface area contributed by atoms with E-state index in [1.165, 1.54) is 37.7 Å². The van der Waals surface area contributed by atoms with E-state index in [1.54, 1.807) is 0 Å². The molecule has 1 saturated carbocycles. The molecule has 0 amide bonds. The van der Waals surface area contributed by atoms with Crippen LogP contribution in [0.25, 0.3) is 0 Å². The lowest BCUT2D eigenvalue weighted by atomic mass is 9.89. The van der Waals surface area contributed by atoms with Crippen LogP contribution in [0.4, 0.5) is 0 Å². The van der Waals surface area contributed by atoms with Gasteiger partial charge in [-0.2, -0.15) is 0 Å². The third kappa shape index (κ3) is 5.88. The fraction of sp³-hybridized carbons (Fsp3) is 0.611. The molecule has 0 N–H and O–H groups in total. The second kappa shape index (κ2) is 8.83. The van der Waals surface area contributed by atoms with Gasteiger partial charge in [-0.3, -0.25) is 9.69 Å². The van der Waals surface area contributed by atoms with Gasteiger partial charge in [0, 0.05) is 13.1 Å². The number of benzene rings is 1. The van der Waals surface area contributed by atoms with Gasteiger partial charge in [0.25, 0.3) is 0 Å². The molecule has 1 aromatic rings. The number of hydrogen-bond donors (Lipinski definition) is 0. The molecule has 0 saturated heterocycles. The molecule has 0 bridgehead atoms. The summed E-state index contributed by atoms with van der Waals surface area (Å²) in [5, 5.41) is 0. The standard InChI is InChI=1S/C18H27NO2/c1-2-21-18(20)15-19(13-16-9-5-3-6-10-16)14-17-11-7-4-8-12-17/h3,5-6,9-10,17H,2,4,7-8,11-15H2,1H3. The Hall–Kier alpha value is -1.35. The minimum Gasteiger partial charge on any atom is -0.465 e. The van der Waals surface area contributed by atoms with Gasteiger partial charge in [0.05, 0.1) is 13.2 Å². The Morgan fingerprint density at radius 1 is 1.19 bits per heavy atom. The van der Waals surface area contributed by atoms with Gasteiger partial charge in [-0.25, -0.2) is 0 Å². The Balaban J connectivity index is 1.93. The molecule has 2 rings (SSSR count). The largest absolute Gasteiger partial charge is 0.465 e. The Kier molecular flexibility index (Phi) is 6.74. The maximum atomic E-state index is 11.8. The Bertz CT molecular complexity index is 412. The molecule has 0 aromatic heterocycles. The van der Waals surface area contributed by atoms with Crippen molar-refractivity contribution in [1.29, 1.82) is 0 Å². The molecule has 0 spiro atoms. The van der Waals surface area contributed by atoms with Crippen LogP contribution in [0.15, 0.2) is 30.3 Å². The number of ether oxygens (including phenoxy) is 1. The number of carbonyl (C=O) groups is 1. The van der Waals surface area contributed by atoms with Gasteiger partial charge in [0.1, 0.15) is 0 Å². The van der Waals surface area contributed by atoms with Gasteiger partial charge in [-0.15, -0.1) is 0 Å². The highest BCUT2D eigenvalue weighted by Crippen LogP contribution is 2.25. The average molecular weight is 289 g/mol. The number of carbonyl (C=O) groups excluding carboxylic acids is 1. The fourth-order valence-corrected chi connectivity index (χ4v) is 3.15. The van der Waals surface area contributed by atoms with Crippen LogP contribution in [0.2, 0.25) is 0 Å². The Morgan fingerprint density at radius 2 is 1.90 bits per heavy atom. The SMILES string of the molecule is CCOC(=O)CN(Cc1ccccc1)CC1CCCCC1. The zero-order chi connectivity index (χ0) is 14.9. The van der Waals surface area contributed by atoms with Crippen molar-refractivity contribution in [2.75, 3.05) is 19.7 Å². The first kappa shape index (κ1) is 16.0. The number of nitrogens with zero attached hydrogens (tertiary/aromatic N) is 1. The summed E-state index contributed by atoms with van der Waals surface area (Å²) in [4.78, 5) is 14.1. The van der Waals surface area contributed by atoms with Crippen molar-refractivity contribution in [1.82, 2.24) is 4.90 Å². The molecule has 21 heavy (non-hydrogen) atoms. The van der Waals surface area contributed by atoms with Crippen molar-refractivity contribution in [3.05, 3.63) is 35.9 Å². The molecule has 0 unspecified atom stereocenters. The van der Waals surface area contributed by atoms with Crippen molar-refractivity contribution >= 4 is 5.97 Å². The molecule has 116 valence electrons. The Morgan fingerprint density at radius 3 is 2.57 bits per heavy atom. The van der Waals surface area contributed by atoms with Crippen LogP contribution in [-0.4, -0.2) is 30.6 Å². The van der Waals surface area contributed by atoms with E-state index in [4.69, 9.17) is 4.74 Å². The van der Waals surface area contributed by atoms with Gasteiger partial charge in [0.15, 0.2) is 0 Å². The van der Waals surface area contributed by atoms with Crippen LogP contribution in [0, 0.1) is 5.92 Å². The molecule has 3 nitrogen and oxygen atoms in total. The van der Waals surface area contributed by atoms with Gasteiger partial charge in [0.2, 0.25) is 0 Å². The summed E-state index contributed by atoms with van der Waals surface area (Å²) in [6, 6.07) is 10.4. The predicted molar refractivity (Wildman–Crippen MR) is 84.9 cm³/mol. The van der Waals surface area contributed by atoms with Crippen LogP contribution < -0.4 is 0 Å². The van der Waals surface area contributed by atoms with E-state index < -0.39 is 0 Å².